The molecule has 0 fully saturated rings. The molecule has 3 atom stereocenters. The minimum atomic E-state index is 0.137. The molecule has 56 heavy (non-hydrogen) atoms. The summed E-state index contributed by atoms with van der Waals surface area (Å²) in [6.07, 6.45) is 4.98. The maximum Gasteiger partial charge on any atom is 0.131 e. The Kier molecular flexibility index (Phi) is 22.7. The standard InChI is InChI=1S/C15H24N2.C14H22N2O.C13H20N2O.3C2H6/c1-9(2)12-7-6-8-13-11(5)16-15(10(3)4)17-14(12)13;1-8(2)13-12-11(6-7-17-13)10(5)15-14(16-12)9(3)4;1-7(2)12-11-10(6-16-12)9(5)14-13(15-11)8(3)4;3*1-2/h9-10,12H,6-8H2,1-5H3;8-9,13H,6-7H2,1-5H3;7-8,12H,6H2,1-5H3;3*1-2H3. The second-order valence-electron chi connectivity index (χ2n) is 16.6. The van der Waals surface area contributed by atoms with E-state index in [1.165, 1.54) is 47.3 Å². The first-order valence-electron chi connectivity index (χ1n) is 22.4. The van der Waals surface area contributed by atoms with E-state index in [1.807, 2.05) is 41.5 Å². The third kappa shape index (κ3) is 13.4. The topological polar surface area (TPSA) is 95.8 Å². The van der Waals surface area contributed by atoms with Gasteiger partial charge in [-0.1, -0.05) is 125 Å². The van der Waals surface area contributed by atoms with Crippen LogP contribution in [0.25, 0.3) is 0 Å². The van der Waals surface area contributed by atoms with Crippen molar-refractivity contribution in [1.29, 1.82) is 0 Å². The molecule has 3 aliphatic rings. The second-order valence-corrected chi connectivity index (χ2v) is 16.6. The number of hydrogen-bond donors (Lipinski definition) is 0. The van der Waals surface area contributed by atoms with Crippen LogP contribution in [0.1, 0.15) is 242 Å². The Morgan fingerprint density at radius 1 is 0.446 bits per heavy atom. The van der Waals surface area contributed by atoms with Gasteiger partial charge in [0.2, 0.25) is 0 Å². The van der Waals surface area contributed by atoms with E-state index < -0.39 is 0 Å². The summed E-state index contributed by atoms with van der Waals surface area (Å²) in [5.41, 5.74) is 11.0. The van der Waals surface area contributed by atoms with Gasteiger partial charge in [-0.2, -0.15) is 0 Å². The van der Waals surface area contributed by atoms with E-state index in [9.17, 15) is 0 Å². The fraction of sp³-hybridized carbons (Fsp3) is 0.750. The van der Waals surface area contributed by atoms with E-state index >= 15 is 0 Å². The summed E-state index contributed by atoms with van der Waals surface area (Å²) in [5, 5.41) is 0. The quantitative estimate of drug-likeness (QED) is 0.244. The summed E-state index contributed by atoms with van der Waals surface area (Å²) in [6, 6.07) is 0. The molecule has 8 nitrogen and oxygen atoms in total. The molecule has 3 aromatic rings. The molecule has 0 spiro atoms. The first kappa shape index (κ1) is 51.2. The van der Waals surface area contributed by atoms with E-state index in [0.29, 0.717) is 48.0 Å². The molecule has 0 radical (unpaired) electrons. The Morgan fingerprint density at radius 2 is 0.821 bits per heavy atom. The van der Waals surface area contributed by atoms with Gasteiger partial charge < -0.3 is 9.47 Å². The fourth-order valence-corrected chi connectivity index (χ4v) is 7.19. The fourth-order valence-electron chi connectivity index (χ4n) is 7.19. The zero-order valence-corrected chi connectivity index (χ0v) is 39.9. The smallest absolute Gasteiger partial charge is 0.131 e. The lowest BCUT2D eigenvalue weighted by Crippen LogP contribution is -2.24. The number of ether oxygens (including phenoxy) is 2. The van der Waals surface area contributed by atoms with Gasteiger partial charge in [-0.15, -0.1) is 0 Å². The van der Waals surface area contributed by atoms with Gasteiger partial charge in [0.05, 0.1) is 30.3 Å². The molecule has 5 heterocycles. The van der Waals surface area contributed by atoms with Crippen molar-refractivity contribution in [3.8, 4) is 0 Å². The van der Waals surface area contributed by atoms with E-state index in [0.717, 1.165) is 53.3 Å². The lowest BCUT2D eigenvalue weighted by molar-refractivity contribution is 0.00736. The first-order chi connectivity index (χ1) is 26.5. The molecule has 2 aliphatic heterocycles. The Bertz CT molecular complexity index is 1520. The third-order valence-electron chi connectivity index (χ3n) is 10.2. The van der Waals surface area contributed by atoms with Crippen LogP contribution in [0.2, 0.25) is 0 Å². The summed E-state index contributed by atoms with van der Waals surface area (Å²) in [7, 11) is 0. The van der Waals surface area contributed by atoms with Crippen LogP contribution >= 0.6 is 0 Å². The van der Waals surface area contributed by atoms with E-state index in [2.05, 4.69) is 124 Å². The van der Waals surface area contributed by atoms with Gasteiger partial charge in [0.15, 0.2) is 0 Å². The molecular formula is C48H84N6O2. The number of rotatable bonds is 6. The highest BCUT2D eigenvalue weighted by Crippen LogP contribution is 2.38. The molecule has 3 unspecified atom stereocenters. The molecule has 0 aromatic carbocycles. The van der Waals surface area contributed by atoms with Crippen LogP contribution < -0.4 is 0 Å². The van der Waals surface area contributed by atoms with Crippen molar-refractivity contribution in [2.24, 2.45) is 17.8 Å². The molecule has 318 valence electrons. The van der Waals surface area contributed by atoms with Crippen molar-refractivity contribution in [2.75, 3.05) is 6.61 Å². The van der Waals surface area contributed by atoms with Crippen molar-refractivity contribution in [3.05, 3.63) is 68.3 Å². The van der Waals surface area contributed by atoms with Gasteiger partial charge in [-0.05, 0) is 75.3 Å². The summed E-state index contributed by atoms with van der Waals surface area (Å²) in [5.74, 6) is 6.32. The van der Waals surface area contributed by atoms with Crippen LogP contribution in [-0.4, -0.2) is 36.5 Å². The molecule has 0 saturated carbocycles. The van der Waals surface area contributed by atoms with Crippen LogP contribution in [0.4, 0.5) is 0 Å². The molecule has 0 saturated heterocycles. The predicted molar refractivity (Wildman–Crippen MR) is 237 cm³/mol. The van der Waals surface area contributed by atoms with Gasteiger partial charge in [0.25, 0.3) is 0 Å². The highest BCUT2D eigenvalue weighted by Gasteiger charge is 2.31. The summed E-state index contributed by atoms with van der Waals surface area (Å²) >= 11 is 0. The number of hydrogen-bond acceptors (Lipinski definition) is 8. The van der Waals surface area contributed by atoms with Gasteiger partial charge >= 0.3 is 0 Å². The van der Waals surface area contributed by atoms with Crippen molar-refractivity contribution < 1.29 is 9.47 Å². The van der Waals surface area contributed by atoms with Gasteiger partial charge in [0.1, 0.15) is 29.7 Å². The van der Waals surface area contributed by atoms with Crippen LogP contribution in [0.3, 0.4) is 0 Å². The molecular weight excluding hydrogens is 693 g/mol. The van der Waals surface area contributed by atoms with Crippen molar-refractivity contribution in [1.82, 2.24) is 29.9 Å². The first-order valence-corrected chi connectivity index (χ1v) is 22.4. The average Bonchev–Trinajstić information content (AvgIpc) is 3.62. The highest BCUT2D eigenvalue weighted by atomic mass is 16.5. The number of nitrogens with zero attached hydrogens (tertiary/aromatic N) is 6. The van der Waals surface area contributed by atoms with E-state index in [4.69, 9.17) is 19.4 Å². The minimum absolute atomic E-state index is 0.137. The maximum atomic E-state index is 5.87. The van der Waals surface area contributed by atoms with E-state index in [-0.39, 0.29) is 12.2 Å². The number of fused-ring (bicyclic) bond motifs is 3. The lowest BCUT2D eigenvalue weighted by atomic mass is 9.79. The van der Waals surface area contributed by atoms with Crippen LogP contribution in [0.5, 0.6) is 0 Å². The Morgan fingerprint density at radius 3 is 1.23 bits per heavy atom. The third-order valence-corrected chi connectivity index (χ3v) is 10.2. The van der Waals surface area contributed by atoms with Gasteiger partial charge in [0, 0.05) is 46.3 Å². The van der Waals surface area contributed by atoms with Crippen molar-refractivity contribution >= 4 is 0 Å². The Balaban J connectivity index is 0.000000393. The molecule has 0 bridgehead atoms. The molecule has 8 heteroatoms. The highest BCUT2D eigenvalue weighted by molar-refractivity contribution is 5.32. The number of aromatic nitrogens is 6. The Hall–Kier alpha value is -2.84. The van der Waals surface area contributed by atoms with Crippen molar-refractivity contribution in [3.63, 3.8) is 0 Å². The van der Waals surface area contributed by atoms with Gasteiger partial charge in [-0.25, -0.2) is 29.9 Å². The summed E-state index contributed by atoms with van der Waals surface area (Å²) < 4.78 is 11.7. The summed E-state index contributed by atoms with van der Waals surface area (Å²) in [6.45, 7) is 46.0. The molecule has 0 amide bonds. The average molecular weight is 777 g/mol. The number of aryl methyl sites for hydroxylation is 3. The molecule has 3 aromatic heterocycles. The van der Waals surface area contributed by atoms with Crippen LogP contribution in [0, 0.1) is 38.5 Å². The van der Waals surface area contributed by atoms with Crippen LogP contribution in [0.15, 0.2) is 0 Å². The second kappa shape index (κ2) is 24.8. The monoisotopic (exact) mass is 777 g/mol. The molecule has 1 aliphatic carbocycles. The minimum Gasteiger partial charge on any atom is -0.371 e. The predicted octanol–water partition coefficient (Wildman–Crippen LogP) is 13.4. The normalized spacial score (nSPS) is 17.9. The Labute approximate surface area is 344 Å². The van der Waals surface area contributed by atoms with Gasteiger partial charge in [-0.3, -0.25) is 0 Å². The largest absolute Gasteiger partial charge is 0.371 e. The molecule has 6 rings (SSSR count). The molecule has 0 N–H and O–H groups in total. The lowest BCUT2D eigenvalue weighted by Gasteiger charge is -2.29. The SMILES string of the molecule is CC.CC.CC.Cc1nc(C(C)C)nc2c1CCCC2C(C)C.Cc1nc(C(C)C)nc2c1CCOC2C(C)C.Cc1nc(C(C)C)nc2c1COC2C(C)C. The van der Waals surface area contributed by atoms with E-state index in [1.54, 1.807) is 0 Å². The summed E-state index contributed by atoms with van der Waals surface area (Å²) in [4.78, 5) is 28.1. The zero-order chi connectivity index (χ0) is 43.0. The van der Waals surface area contributed by atoms with Crippen molar-refractivity contribution in [2.45, 2.75) is 214 Å². The maximum absolute atomic E-state index is 5.87. The zero-order valence-electron chi connectivity index (χ0n) is 39.9. The van der Waals surface area contributed by atoms with Crippen LogP contribution in [-0.2, 0) is 28.9 Å².